The van der Waals surface area contributed by atoms with E-state index in [0.717, 1.165) is 39.0 Å². The number of amides is 2. The number of hydrogen-bond acceptors (Lipinski definition) is 6. The molecule has 3 aliphatic heterocycles. The number of carbonyl (C=O) groups is 2. The van der Waals surface area contributed by atoms with Gasteiger partial charge in [0.05, 0.1) is 6.26 Å². The number of hydrogen-bond donors (Lipinski definition) is 1. The fourth-order valence-corrected chi connectivity index (χ4v) is 5.84. The highest BCUT2D eigenvalue weighted by Crippen LogP contribution is 2.31. The van der Waals surface area contributed by atoms with E-state index in [0.29, 0.717) is 56.2 Å². The zero-order valence-corrected chi connectivity index (χ0v) is 21.0. The normalized spacial score (nSPS) is 24.6. The Morgan fingerprint density at radius 2 is 1.91 bits per heavy atom. The first-order chi connectivity index (χ1) is 16.7. The lowest BCUT2D eigenvalue weighted by molar-refractivity contribution is -0.132. The Balaban J connectivity index is 0.00000289. The molecule has 0 aliphatic carbocycles. The number of pyridine rings is 1. The molecule has 2 aromatic rings. The average Bonchev–Trinajstić information content (AvgIpc) is 3.41. The van der Waals surface area contributed by atoms with E-state index in [-0.39, 0.29) is 24.2 Å². The fraction of sp³-hybridized carbons (Fsp3) is 0.577. The summed E-state index contributed by atoms with van der Waals surface area (Å²) < 4.78 is 5.21. The number of nitrogens with zero attached hydrogens (tertiary/aromatic N) is 4. The van der Waals surface area contributed by atoms with Crippen molar-refractivity contribution >= 4 is 24.2 Å². The lowest BCUT2D eigenvalue weighted by Crippen LogP contribution is -2.55. The van der Waals surface area contributed by atoms with Crippen molar-refractivity contribution in [3.63, 3.8) is 0 Å². The van der Waals surface area contributed by atoms with Crippen LogP contribution in [0, 0.1) is 11.8 Å². The summed E-state index contributed by atoms with van der Waals surface area (Å²) in [6, 6.07) is 8.07. The van der Waals surface area contributed by atoms with Crippen LogP contribution in [-0.2, 0) is 11.3 Å². The molecule has 0 radical (unpaired) electrons. The lowest BCUT2D eigenvalue weighted by Gasteiger charge is -2.46. The molecule has 5 heterocycles. The van der Waals surface area contributed by atoms with E-state index in [1.165, 1.54) is 18.2 Å². The molecule has 3 saturated heterocycles. The van der Waals surface area contributed by atoms with Gasteiger partial charge in [-0.25, -0.2) is 0 Å². The minimum absolute atomic E-state index is 0. The van der Waals surface area contributed by atoms with Crippen LogP contribution in [-0.4, -0.2) is 83.4 Å². The van der Waals surface area contributed by atoms with Crippen LogP contribution in [0.3, 0.4) is 0 Å². The molecule has 35 heavy (non-hydrogen) atoms. The summed E-state index contributed by atoms with van der Waals surface area (Å²) in [4.78, 5) is 35.7. The summed E-state index contributed by atoms with van der Waals surface area (Å²) in [6.07, 6.45) is 9.14. The number of aromatic nitrogens is 1. The van der Waals surface area contributed by atoms with Gasteiger partial charge in [0.1, 0.15) is 0 Å². The topological polar surface area (TPSA) is 81.9 Å². The Morgan fingerprint density at radius 3 is 2.66 bits per heavy atom. The molecule has 2 amide bonds. The zero-order chi connectivity index (χ0) is 23.3. The minimum atomic E-state index is -0.0937. The number of nitrogens with one attached hydrogen (secondary N) is 1. The SMILES string of the molecule is Cl.O=C(CCC[C@H]1NC[C@@H]2C[C@@H]1CN(Cc1cccnc1)C2)N1CCN(C(=O)c2ccco2)CC1. The maximum Gasteiger partial charge on any atom is 0.289 e. The number of rotatable bonds is 7. The molecule has 2 bridgehead atoms. The van der Waals surface area contributed by atoms with Crippen molar-refractivity contribution in [3.8, 4) is 0 Å². The summed E-state index contributed by atoms with van der Waals surface area (Å²) in [6.45, 7) is 6.63. The largest absolute Gasteiger partial charge is 0.459 e. The van der Waals surface area contributed by atoms with E-state index < -0.39 is 0 Å². The maximum atomic E-state index is 12.8. The molecule has 0 unspecified atom stereocenters. The molecule has 190 valence electrons. The predicted molar refractivity (Wildman–Crippen MR) is 135 cm³/mol. The van der Waals surface area contributed by atoms with E-state index in [1.54, 1.807) is 17.0 Å². The van der Waals surface area contributed by atoms with Gasteiger partial charge in [0, 0.05) is 70.7 Å². The molecular weight excluding hydrogens is 466 g/mol. The van der Waals surface area contributed by atoms with E-state index in [4.69, 9.17) is 4.42 Å². The van der Waals surface area contributed by atoms with Crippen molar-refractivity contribution in [1.82, 2.24) is 25.0 Å². The molecule has 0 aromatic carbocycles. The van der Waals surface area contributed by atoms with E-state index in [9.17, 15) is 9.59 Å². The first kappa shape index (κ1) is 25.7. The summed E-state index contributed by atoms with van der Waals surface area (Å²) in [5, 5.41) is 3.77. The van der Waals surface area contributed by atoms with E-state index in [2.05, 4.69) is 21.3 Å². The van der Waals surface area contributed by atoms with Crippen LogP contribution in [0.15, 0.2) is 47.3 Å². The molecule has 8 nitrogen and oxygen atoms in total. The van der Waals surface area contributed by atoms with Gasteiger partial charge < -0.3 is 19.5 Å². The second-order valence-corrected chi connectivity index (χ2v) is 9.97. The molecule has 0 saturated carbocycles. The number of halogens is 1. The van der Waals surface area contributed by atoms with Gasteiger partial charge in [0.2, 0.25) is 5.91 Å². The average molecular weight is 502 g/mol. The van der Waals surface area contributed by atoms with Gasteiger partial charge in [-0.2, -0.15) is 0 Å². The van der Waals surface area contributed by atoms with E-state index >= 15 is 0 Å². The molecule has 9 heteroatoms. The van der Waals surface area contributed by atoms with E-state index in [1.807, 2.05) is 23.4 Å². The number of piperazine rings is 1. The van der Waals surface area contributed by atoms with Crippen LogP contribution in [0.25, 0.3) is 0 Å². The number of carbonyl (C=O) groups excluding carboxylic acids is 2. The summed E-state index contributed by atoms with van der Waals surface area (Å²) in [5.74, 6) is 1.84. The molecule has 3 atom stereocenters. The Kier molecular flexibility index (Phi) is 8.81. The predicted octanol–water partition coefficient (Wildman–Crippen LogP) is 2.66. The van der Waals surface area contributed by atoms with Gasteiger partial charge in [-0.3, -0.25) is 19.5 Å². The van der Waals surface area contributed by atoms with Gasteiger partial charge in [0.25, 0.3) is 5.91 Å². The highest BCUT2D eigenvalue weighted by molar-refractivity contribution is 5.91. The van der Waals surface area contributed by atoms with Crippen molar-refractivity contribution in [3.05, 3.63) is 54.2 Å². The Labute approximate surface area is 213 Å². The summed E-state index contributed by atoms with van der Waals surface area (Å²) >= 11 is 0. The third-order valence-electron chi connectivity index (χ3n) is 7.57. The van der Waals surface area contributed by atoms with Crippen LogP contribution in [0.5, 0.6) is 0 Å². The van der Waals surface area contributed by atoms with Crippen molar-refractivity contribution < 1.29 is 14.0 Å². The van der Waals surface area contributed by atoms with Crippen molar-refractivity contribution in [2.45, 2.75) is 38.3 Å². The highest BCUT2D eigenvalue weighted by Gasteiger charge is 2.36. The van der Waals surface area contributed by atoms with Gasteiger partial charge in [-0.1, -0.05) is 6.07 Å². The van der Waals surface area contributed by atoms with Crippen LogP contribution in [0.1, 0.15) is 41.8 Å². The highest BCUT2D eigenvalue weighted by atomic mass is 35.5. The Morgan fingerprint density at radius 1 is 1.09 bits per heavy atom. The van der Waals surface area contributed by atoms with Crippen LogP contribution < -0.4 is 5.32 Å². The third kappa shape index (κ3) is 6.42. The van der Waals surface area contributed by atoms with Crippen molar-refractivity contribution in [2.75, 3.05) is 45.8 Å². The van der Waals surface area contributed by atoms with Crippen LogP contribution in [0.2, 0.25) is 0 Å². The summed E-state index contributed by atoms with van der Waals surface area (Å²) in [5.41, 5.74) is 1.28. The van der Waals surface area contributed by atoms with Gasteiger partial charge in [0.15, 0.2) is 5.76 Å². The maximum absolute atomic E-state index is 12.8. The minimum Gasteiger partial charge on any atom is -0.459 e. The Bertz CT molecular complexity index is 949. The first-order valence-electron chi connectivity index (χ1n) is 12.6. The zero-order valence-electron chi connectivity index (χ0n) is 20.2. The second kappa shape index (κ2) is 12.0. The quantitative estimate of drug-likeness (QED) is 0.628. The monoisotopic (exact) mass is 501 g/mol. The molecular formula is C26H36ClN5O3. The smallest absolute Gasteiger partial charge is 0.289 e. The van der Waals surface area contributed by atoms with Crippen LogP contribution in [0.4, 0.5) is 0 Å². The number of furan rings is 1. The number of likely N-dealkylation sites (tertiary alicyclic amines) is 1. The summed E-state index contributed by atoms with van der Waals surface area (Å²) in [7, 11) is 0. The number of piperidine rings is 2. The lowest BCUT2D eigenvalue weighted by atomic mass is 9.79. The molecule has 0 spiro atoms. The first-order valence-corrected chi connectivity index (χ1v) is 12.6. The fourth-order valence-electron chi connectivity index (χ4n) is 5.84. The van der Waals surface area contributed by atoms with Crippen molar-refractivity contribution in [1.29, 1.82) is 0 Å². The molecule has 3 fully saturated rings. The van der Waals surface area contributed by atoms with Gasteiger partial charge in [-0.15, -0.1) is 12.4 Å². The van der Waals surface area contributed by atoms with Gasteiger partial charge in [-0.05, 0) is 61.4 Å². The van der Waals surface area contributed by atoms with Gasteiger partial charge >= 0.3 is 0 Å². The molecule has 3 aliphatic rings. The Hall–Kier alpha value is -2.42. The second-order valence-electron chi connectivity index (χ2n) is 9.97. The van der Waals surface area contributed by atoms with Crippen molar-refractivity contribution in [2.24, 2.45) is 11.8 Å². The molecule has 2 aromatic heterocycles. The third-order valence-corrected chi connectivity index (χ3v) is 7.57. The number of fused-ring (bicyclic) bond motifs is 2. The standard InChI is InChI=1S/C26H35N5O3.ClH/c32-25(30-9-11-31(12-10-30)26(33)24-6-3-13-34-24)7-1-5-23-22-14-21(16-28-23)18-29(19-22)17-20-4-2-8-27-15-20;/h2-4,6,8,13,15,21-23,28H,1,5,7,9-12,14,16-19H2;1H/t21-,22+,23+;/m0./s1. The van der Waals surface area contributed by atoms with Crippen LogP contribution >= 0.6 is 12.4 Å². The molecule has 5 rings (SSSR count). The molecule has 1 N–H and O–H groups in total.